The van der Waals surface area contributed by atoms with Gasteiger partial charge in [-0.25, -0.2) is 0 Å². The normalized spacial score (nSPS) is 20.6. The molecule has 84 valence electrons. The molecular formula is C12H15N3O. The highest BCUT2D eigenvalue weighted by Crippen LogP contribution is 2.08. The van der Waals surface area contributed by atoms with Crippen molar-refractivity contribution >= 4 is 12.0 Å². The zero-order chi connectivity index (χ0) is 11.4. The van der Waals surface area contributed by atoms with Crippen LogP contribution in [0.1, 0.15) is 12.0 Å². The zero-order valence-corrected chi connectivity index (χ0v) is 9.04. The van der Waals surface area contributed by atoms with Crippen LogP contribution in [0.5, 0.6) is 0 Å². The maximum Gasteiger partial charge on any atom is 0.246 e. The molecule has 0 saturated carbocycles. The number of rotatable bonds is 2. The van der Waals surface area contributed by atoms with Crippen molar-refractivity contribution in [1.82, 2.24) is 9.88 Å². The molecule has 1 aromatic rings. The number of hydrogen-bond acceptors (Lipinski definition) is 3. The number of nitrogens with two attached hydrogens (primary N) is 1. The van der Waals surface area contributed by atoms with Gasteiger partial charge >= 0.3 is 0 Å². The summed E-state index contributed by atoms with van der Waals surface area (Å²) < 4.78 is 0. The van der Waals surface area contributed by atoms with Crippen molar-refractivity contribution in [2.75, 3.05) is 13.1 Å². The van der Waals surface area contributed by atoms with Gasteiger partial charge in [-0.15, -0.1) is 0 Å². The largest absolute Gasteiger partial charge is 0.338 e. The van der Waals surface area contributed by atoms with Gasteiger partial charge in [0.05, 0.1) is 0 Å². The van der Waals surface area contributed by atoms with Crippen molar-refractivity contribution in [2.45, 2.75) is 12.5 Å². The molecule has 1 unspecified atom stereocenters. The molecule has 16 heavy (non-hydrogen) atoms. The molecule has 0 aromatic carbocycles. The molecule has 1 atom stereocenters. The minimum Gasteiger partial charge on any atom is -0.338 e. The van der Waals surface area contributed by atoms with Crippen LogP contribution in [0.2, 0.25) is 0 Å². The summed E-state index contributed by atoms with van der Waals surface area (Å²) in [5.74, 6) is 0.0248. The molecule has 1 fully saturated rings. The summed E-state index contributed by atoms with van der Waals surface area (Å²) in [6, 6.07) is 3.89. The number of carbonyl (C=O) groups is 1. The molecule has 4 heteroatoms. The van der Waals surface area contributed by atoms with E-state index in [0.717, 1.165) is 18.5 Å². The van der Waals surface area contributed by atoms with Gasteiger partial charge in [0.25, 0.3) is 0 Å². The first-order valence-electron chi connectivity index (χ1n) is 5.38. The van der Waals surface area contributed by atoms with Crippen molar-refractivity contribution in [1.29, 1.82) is 0 Å². The van der Waals surface area contributed by atoms with Gasteiger partial charge in [0.1, 0.15) is 0 Å². The maximum atomic E-state index is 11.7. The summed E-state index contributed by atoms with van der Waals surface area (Å²) in [7, 11) is 0. The predicted octanol–water partition coefficient (Wildman–Crippen LogP) is 0.654. The summed E-state index contributed by atoms with van der Waals surface area (Å²) in [6.45, 7) is 1.42. The second kappa shape index (κ2) is 4.90. The van der Waals surface area contributed by atoms with E-state index in [2.05, 4.69) is 4.98 Å². The van der Waals surface area contributed by atoms with Crippen LogP contribution in [0.15, 0.2) is 30.6 Å². The van der Waals surface area contributed by atoms with E-state index in [1.807, 2.05) is 12.1 Å². The minimum absolute atomic E-state index is 0.0248. The Labute approximate surface area is 94.8 Å². The number of amides is 1. The molecule has 0 aliphatic carbocycles. The monoisotopic (exact) mass is 217 g/mol. The Morgan fingerprint density at radius 3 is 3.12 bits per heavy atom. The molecule has 0 radical (unpaired) electrons. The summed E-state index contributed by atoms with van der Waals surface area (Å²) in [4.78, 5) is 17.5. The van der Waals surface area contributed by atoms with E-state index in [-0.39, 0.29) is 11.9 Å². The van der Waals surface area contributed by atoms with Crippen LogP contribution in [0.25, 0.3) is 6.08 Å². The van der Waals surface area contributed by atoms with E-state index in [4.69, 9.17) is 5.73 Å². The number of hydrogen-bond donors (Lipinski definition) is 1. The Balaban J connectivity index is 1.95. The first kappa shape index (κ1) is 10.8. The summed E-state index contributed by atoms with van der Waals surface area (Å²) >= 11 is 0. The molecule has 4 nitrogen and oxygen atoms in total. The molecule has 0 bridgehead atoms. The van der Waals surface area contributed by atoms with Gasteiger partial charge in [-0.1, -0.05) is 6.07 Å². The lowest BCUT2D eigenvalue weighted by Gasteiger charge is -2.12. The first-order chi connectivity index (χ1) is 7.75. The fourth-order valence-electron chi connectivity index (χ4n) is 1.73. The SMILES string of the molecule is NC1CCN(C(=O)C=Cc2cccnc2)C1. The van der Waals surface area contributed by atoms with Gasteiger partial charge in [-0.2, -0.15) is 0 Å². The zero-order valence-electron chi connectivity index (χ0n) is 9.04. The Morgan fingerprint density at radius 1 is 1.62 bits per heavy atom. The number of likely N-dealkylation sites (tertiary alicyclic amines) is 1. The lowest BCUT2D eigenvalue weighted by atomic mass is 10.2. The maximum absolute atomic E-state index is 11.7. The van der Waals surface area contributed by atoms with Crippen LogP contribution < -0.4 is 5.73 Å². The summed E-state index contributed by atoms with van der Waals surface area (Å²) in [6.07, 6.45) is 7.68. The van der Waals surface area contributed by atoms with Crippen LogP contribution in [0.4, 0.5) is 0 Å². The molecule has 2 rings (SSSR count). The second-order valence-electron chi connectivity index (χ2n) is 3.95. The second-order valence-corrected chi connectivity index (χ2v) is 3.95. The molecule has 2 N–H and O–H groups in total. The fraction of sp³-hybridized carbons (Fsp3) is 0.333. The van der Waals surface area contributed by atoms with Crippen LogP contribution in [-0.4, -0.2) is 34.9 Å². The number of pyridine rings is 1. The van der Waals surface area contributed by atoms with E-state index < -0.39 is 0 Å². The summed E-state index contributed by atoms with van der Waals surface area (Å²) in [5.41, 5.74) is 6.67. The lowest BCUT2D eigenvalue weighted by Crippen LogP contribution is -2.30. The van der Waals surface area contributed by atoms with Gasteiger partial charge < -0.3 is 10.6 Å². The van der Waals surface area contributed by atoms with E-state index in [1.54, 1.807) is 29.4 Å². The van der Waals surface area contributed by atoms with Crippen molar-refractivity contribution in [3.8, 4) is 0 Å². The topological polar surface area (TPSA) is 59.2 Å². The van der Waals surface area contributed by atoms with Gasteiger partial charge in [0.2, 0.25) is 5.91 Å². The Hall–Kier alpha value is -1.68. The van der Waals surface area contributed by atoms with Gasteiger partial charge in [0.15, 0.2) is 0 Å². The van der Waals surface area contributed by atoms with Crippen LogP contribution in [0, 0.1) is 0 Å². The average Bonchev–Trinajstić information content (AvgIpc) is 2.74. The molecule has 2 heterocycles. The van der Waals surface area contributed by atoms with Gasteiger partial charge in [-0.3, -0.25) is 9.78 Å². The Bertz CT molecular complexity index is 389. The van der Waals surface area contributed by atoms with E-state index in [1.165, 1.54) is 0 Å². The molecule has 1 aromatic heterocycles. The van der Waals surface area contributed by atoms with E-state index in [0.29, 0.717) is 6.54 Å². The first-order valence-corrected chi connectivity index (χ1v) is 5.38. The number of carbonyl (C=O) groups excluding carboxylic acids is 1. The highest BCUT2D eigenvalue weighted by atomic mass is 16.2. The molecular weight excluding hydrogens is 202 g/mol. The minimum atomic E-state index is 0.0248. The number of aromatic nitrogens is 1. The smallest absolute Gasteiger partial charge is 0.246 e. The van der Waals surface area contributed by atoms with Gasteiger partial charge in [0, 0.05) is 37.6 Å². The molecule has 1 amide bonds. The fourth-order valence-corrected chi connectivity index (χ4v) is 1.73. The van der Waals surface area contributed by atoms with E-state index in [9.17, 15) is 4.79 Å². The predicted molar refractivity (Wildman–Crippen MR) is 62.4 cm³/mol. The standard InChI is InChI=1S/C12H15N3O/c13-11-5-7-15(9-11)12(16)4-3-10-2-1-6-14-8-10/h1-4,6,8,11H,5,7,9,13H2. The van der Waals surface area contributed by atoms with Crippen molar-refractivity contribution in [3.05, 3.63) is 36.2 Å². The summed E-state index contributed by atoms with van der Waals surface area (Å²) in [5, 5.41) is 0. The number of nitrogens with zero attached hydrogens (tertiary/aromatic N) is 2. The van der Waals surface area contributed by atoms with Crippen molar-refractivity contribution in [2.24, 2.45) is 5.73 Å². The third kappa shape index (κ3) is 2.67. The third-order valence-electron chi connectivity index (χ3n) is 2.64. The van der Waals surface area contributed by atoms with Crippen LogP contribution in [0.3, 0.4) is 0 Å². The quantitative estimate of drug-likeness (QED) is 0.740. The van der Waals surface area contributed by atoms with E-state index >= 15 is 0 Å². The van der Waals surface area contributed by atoms with Crippen molar-refractivity contribution < 1.29 is 4.79 Å². The van der Waals surface area contributed by atoms with Crippen LogP contribution >= 0.6 is 0 Å². The Kier molecular flexibility index (Phi) is 3.31. The molecule has 1 saturated heterocycles. The molecule has 1 aliphatic rings. The van der Waals surface area contributed by atoms with Crippen LogP contribution in [-0.2, 0) is 4.79 Å². The molecule has 0 spiro atoms. The van der Waals surface area contributed by atoms with Gasteiger partial charge in [-0.05, 0) is 24.1 Å². The molecule has 1 aliphatic heterocycles. The third-order valence-corrected chi connectivity index (χ3v) is 2.64. The highest BCUT2D eigenvalue weighted by molar-refractivity contribution is 5.91. The average molecular weight is 217 g/mol. The highest BCUT2D eigenvalue weighted by Gasteiger charge is 2.21. The van der Waals surface area contributed by atoms with Crippen molar-refractivity contribution in [3.63, 3.8) is 0 Å². The Morgan fingerprint density at radius 2 is 2.50 bits per heavy atom. The lowest BCUT2D eigenvalue weighted by molar-refractivity contribution is -0.124.